The van der Waals surface area contributed by atoms with Gasteiger partial charge in [-0.25, -0.2) is 4.98 Å². The van der Waals surface area contributed by atoms with Crippen LogP contribution < -0.4 is 10.2 Å². The first-order valence-electron chi connectivity index (χ1n) is 7.86. The second-order valence-electron chi connectivity index (χ2n) is 5.89. The zero-order chi connectivity index (χ0) is 15.4. The second kappa shape index (κ2) is 8.64. The van der Waals surface area contributed by atoms with Crippen molar-refractivity contribution in [2.75, 3.05) is 38.1 Å². The molecule has 0 amide bonds. The van der Waals surface area contributed by atoms with Crippen molar-refractivity contribution in [1.29, 1.82) is 0 Å². The number of aromatic nitrogens is 1. The Morgan fingerprint density at radius 3 is 2.61 bits per heavy atom. The first-order chi connectivity index (χ1) is 10.7. The van der Waals surface area contributed by atoms with Crippen molar-refractivity contribution in [2.24, 2.45) is 0 Å². The number of anilines is 1. The van der Waals surface area contributed by atoms with Crippen molar-refractivity contribution in [3.05, 3.63) is 45.8 Å². The summed E-state index contributed by atoms with van der Waals surface area (Å²) in [6, 6.07) is 8.61. The standard InChI is InChI=1S/C17H24N4S.ClH/c1-14-5-6-16(22-14)13-18-12-15-4-3-7-19-17(15)21-10-8-20(2)9-11-21;/h3-7,18H,8-13H2,1-2H3;1H. The Morgan fingerprint density at radius 1 is 1.13 bits per heavy atom. The Bertz CT molecular complexity index is 608. The number of halogens is 1. The molecule has 3 rings (SSSR count). The minimum absolute atomic E-state index is 0. The van der Waals surface area contributed by atoms with Crippen molar-refractivity contribution in [3.8, 4) is 0 Å². The minimum Gasteiger partial charge on any atom is -0.354 e. The molecule has 1 aliphatic heterocycles. The highest BCUT2D eigenvalue weighted by atomic mass is 35.5. The molecule has 3 heterocycles. The monoisotopic (exact) mass is 352 g/mol. The molecule has 0 aromatic carbocycles. The topological polar surface area (TPSA) is 31.4 Å². The summed E-state index contributed by atoms with van der Waals surface area (Å²) in [7, 11) is 2.18. The van der Waals surface area contributed by atoms with Gasteiger partial charge in [-0.15, -0.1) is 23.7 Å². The first-order valence-corrected chi connectivity index (χ1v) is 8.67. The molecule has 0 spiro atoms. The van der Waals surface area contributed by atoms with E-state index in [-0.39, 0.29) is 12.4 Å². The molecule has 0 unspecified atom stereocenters. The number of thiophene rings is 1. The maximum absolute atomic E-state index is 4.63. The molecule has 0 saturated carbocycles. The predicted octanol–water partition coefficient (Wildman–Crippen LogP) is 2.91. The average Bonchev–Trinajstić information content (AvgIpc) is 2.94. The molecule has 0 radical (unpaired) electrons. The van der Waals surface area contributed by atoms with Crippen LogP contribution in [0, 0.1) is 6.92 Å². The van der Waals surface area contributed by atoms with Crippen LogP contribution in [0.1, 0.15) is 15.3 Å². The number of nitrogens with zero attached hydrogens (tertiary/aromatic N) is 3. The van der Waals surface area contributed by atoms with Crippen LogP contribution >= 0.6 is 23.7 Å². The molecule has 1 saturated heterocycles. The minimum atomic E-state index is 0. The van der Waals surface area contributed by atoms with Crippen LogP contribution in [-0.4, -0.2) is 43.1 Å². The van der Waals surface area contributed by atoms with Crippen LogP contribution in [-0.2, 0) is 13.1 Å². The predicted molar refractivity (Wildman–Crippen MR) is 101 cm³/mol. The maximum atomic E-state index is 4.63. The van der Waals surface area contributed by atoms with E-state index in [0.717, 1.165) is 45.1 Å². The van der Waals surface area contributed by atoms with E-state index in [2.05, 4.69) is 52.3 Å². The molecule has 6 heteroatoms. The molecule has 2 aromatic rings. The zero-order valence-electron chi connectivity index (χ0n) is 13.8. The van der Waals surface area contributed by atoms with Gasteiger partial charge in [0, 0.05) is 60.8 Å². The number of pyridine rings is 1. The lowest BCUT2D eigenvalue weighted by Crippen LogP contribution is -2.45. The van der Waals surface area contributed by atoms with Crippen LogP contribution in [0.3, 0.4) is 0 Å². The summed E-state index contributed by atoms with van der Waals surface area (Å²) in [6.45, 7) is 8.29. The molecule has 0 bridgehead atoms. The summed E-state index contributed by atoms with van der Waals surface area (Å²) < 4.78 is 0. The SMILES string of the molecule is Cc1ccc(CNCc2cccnc2N2CCN(C)CC2)s1.Cl. The quantitative estimate of drug-likeness (QED) is 0.896. The van der Waals surface area contributed by atoms with Crippen molar-refractivity contribution < 1.29 is 0 Å². The van der Waals surface area contributed by atoms with Crippen molar-refractivity contribution >= 4 is 29.6 Å². The van der Waals surface area contributed by atoms with E-state index < -0.39 is 0 Å². The number of nitrogens with one attached hydrogen (secondary N) is 1. The Kier molecular flexibility index (Phi) is 6.84. The molecule has 0 aliphatic carbocycles. The van der Waals surface area contributed by atoms with Gasteiger partial charge >= 0.3 is 0 Å². The van der Waals surface area contributed by atoms with Gasteiger partial charge in [0.25, 0.3) is 0 Å². The summed E-state index contributed by atoms with van der Waals surface area (Å²) >= 11 is 1.86. The Labute approximate surface area is 148 Å². The van der Waals surface area contributed by atoms with Gasteiger partial charge in [-0.2, -0.15) is 0 Å². The Morgan fingerprint density at radius 2 is 1.91 bits per heavy atom. The average molecular weight is 353 g/mol. The van der Waals surface area contributed by atoms with Crippen LogP contribution in [0.4, 0.5) is 5.82 Å². The number of likely N-dealkylation sites (N-methyl/N-ethyl adjacent to an activating group) is 1. The lowest BCUT2D eigenvalue weighted by Gasteiger charge is -2.34. The fourth-order valence-electron chi connectivity index (χ4n) is 2.77. The molecule has 1 N–H and O–H groups in total. The van der Waals surface area contributed by atoms with E-state index in [1.54, 1.807) is 0 Å². The summed E-state index contributed by atoms with van der Waals surface area (Å²) in [4.78, 5) is 12.2. The fraction of sp³-hybridized carbons (Fsp3) is 0.471. The first kappa shape index (κ1) is 18.2. The van der Waals surface area contributed by atoms with Gasteiger partial charge in [-0.05, 0) is 32.2 Å². The number of rotatable bonds is 5. The molecule has 2 aromatic heterocycles. The lowest BCUT2D eigenvalue weighted by atomic mass is 10.2. The highest BCUT2D eigenvalue weighted by Gasteiger charge is 2.17. The number of aryl methyl sites for hydroxylation is 1. The molecule has 23 heavy (non-hydrogen) atoms. The van der Waals surface area contributed by atoms with E-state index >= 15 is 0 Å². The maximum Gasteiger partial charge on any atom is 0.133 e. The molecular formula is C17H25ClN4S. The van der Waals surface area contributed by atoms with Crippen LogP contribution in [0.25, 0.3) is 0 Å². The fourth-order valence-corrected chi connectivity index (χ4v) is 3.63. The van der Waals surface area contributed by atoms with Crippen LogP contribution in [0.2, 0.25) is 0 Å². The van der Waals surface area contributed by atoms with E-state index in [1.165, 1.54) is 15.3 Å². The third-order valence-corrected chi connectivity index (χ3v) is 5.08. The van der Waals surface area contributed by atoms with E-state index in [4.69, 9.17) is 0 Å². The van der Waals surface area contributed by atoms with Gasteiger partial charge in [-0.1, -0.05) is 6.07 Å². The van der Waals surface area contributed by atoms with Gasteiger partial charge in [0.15, 0.2) is 0 Å². The third kappa shape index (κ3) is 4.91. The Balaban J connectivity index is 0.00000192. The zero-order valence-corrected chi connectivity index (χ0v) is 15.4. The molecule has 1 fully saturated rings. The van der Waals surface area contributed by atoms with Crippen molar-refractivity contribution in [3.63, 3.8) is 0 Å². The molecule has 0 atom stereocenters. The number of hydrogen-bond acceptors (Lipinski definition) is 5. The van der Waals surface area contributed by atoms with Gasteiger partial charge < -0.3 is 15.1 Å². The molecule has 126 valence electrons. The molecular weight excluding hydrogens is 328 g/mol. The number of hydrogen-bond donors (Lipinski definition) is 1. The highest BCUT2D eigenvalue weighted by molar-refractivity contribution is 7.11. The molecule has 1 aliphatic rings. The summed E-state index contributed by atoms with van der Waals surface area (Å²) in [6.07, 6.45) is 1.90. The smallest absolute Gasteiger partial charge is 0.133 e. The van der Waals surface area contributed by atoms with Gasteiger partial charge in [0.2, 0.25) is 0 Å². The normalized spacial score (nSPS) is 15.5. The summed E-state index contributed by atoms with van der Waals surface area (Å²) in [5.41, 5.74) is 1.29. The number of piperazine rings is 1. The van der Waals surface area contributed by atoms with Gasteiger partial charge in [0.1, 0.15) is 5.82 Å². The molecule has 4 nitrogen and oxygen atoms in total. The van der Waals surface area contributed by atoms with Gasteiger partial charge in [-0.3, -0.25) is 0 Å². The van der Waals surface area contributed by atoms with Crippen LogP contribution in [0.15, 0.2) is 30.5 Å². The summed E-state index contributed by atoms with van der Waals surface area (Å²) in [5, 5.41) is 3.55. The highest BCUT2D eigenvalue weighted by Crippen LogP contribution is 2.19. The van der Waals surface area contributed by atoms with Crippen molar-refractivity contribution in [1.82, 2.24) is 15.2 Å². The van der Waals surface area contributed by atoms with E-state index in [9.17, 15) is 0 Å². The third-order valence-electron chi connectivity index (χ3n) is 4.08. The van der Waals surface area contributed by atoms with E-state index in [1.807, 2.05) is 23.6 Å². The Hall–Kier alpha value is -1.14. The summed E-state index contributed by atoms with van der Waals surface area (Å²) in [5.74, 6) is 1.14. The lowest BCUT2D eigenvalue weighted by molar-refractivity contribution is 0.311. The largest absolute Gasteiger partial charge is 0.354 e. The second-order valence-corrected chi connectivity index (χ2v) is 7.26. The van der Waals surface area contributed by atoms with Gasteiger partial charge in [0.05, 0.1) is 0 Å². The van der Waals surface area contributed by atoms with E-state index in [0.29, 0.717) is 0 Å². The van der Waals surface area contributed by atoms with Crippen LogP contribution in [0.5, 0.6) is 0 Å². The van der Waals surface area contributed by atoms with Crippen molar-refractivity contribution in [2.45, 2.75) is 20.0 Å².